The Labute approximate surface area is 137 Å². The number of hydrogen-bond donors (Lipinski definition) is 2. The van der Waals surface area contributed by atoms with E-state index in [1.54, 1.807) is 32.0 Å². The average Bonchev–Trinajstić information content (AvgIpc) is 2.83. The van der Waals surface area contributed by atoms with E-state index in [0.29, 0.717) is 0 Å². The lowest BCUT2D eigenvalue weighted by Crippen LogP contribution is -2.57. The Morgan fingerprint density at radius 1 is 1.33 bits per heavy atom. The summed E-state index contributed by atoms with van der Waals surface area (Å²) >= 11 is 0. The van der Waals surface area contributed by atoms with Crippen molar-refractivity contribution in [1.29, 1.82) is 0 Å². The van der Waals surface area contributed by atoms with Gasteiger partial charge in [-0.05, 0) is 17.9 Å². The van der Waals surface area contributed by atoms with Gasteiger partial charge in [-0.2, -0.15) is 23.3 Å². The van der Waals surface area contributed by atoms with Gasteiger partial charge in [0.25, 0.3) is 11.6 Å². The molecule has 0 saturated heterocycles. The highest BCUT2D eigenvalue weighted by Gasteiger charge is 2.63. The molecule has 2 N–H and O–H groups in total. The maximum Gasteiger partial charge on any atom is 0.438 e. The highest BCUT2D eigenvalue weighted by Crippen LogP contribution is 2.42. The third kappa shape index (κ3) is 3.44. The highest BCUT2D eigenvalue weighted by atomic mass is 19.4. The lowest BCUT2D eigenvalue weighted by molar-refractivity contribution is -0.303. The van der Waals surface area contributed by atoms with Crippen LogP contribution in [0.5, 0.6) is 0 Å². The Hall–Kier alpha value is -1.93. The molecule has 0 unspecified atom stereocenters. The van der Waals surface area contributed by atoms with Crippen LogP contribution in [0.15, 0.2) is 35.4 Å². The molecule has 1 aromatic rings. The van der Waals surface area contributed by atoms with E-state index in [2.05, 4.69) is 5.10 Å². The summed E-state index contributed by atoms with van der Waals surface area (Å²) < 4.78 is 40.0. The number of amides is 1. The summed E-state index contributed by atoms with van der Waals surface area (Å²) in [6, 6.07) is 7.54. The number of halogens is 3. The molecule has 2 rings (SSSR count). The van der Waals surface area contributed by atoms with Gasteiger partial charge >= 0.3 is 6.18 Å². The molecule has 1 amide bonds. The number of carbonyl (C=O) groups is 1. The molecule has 0 spiro atoms. The molecular weight excluding hydrogens is 325 g/mol. The predicted octanol–water partition coefficient (Wildman–Crippen LogP) is 2.61. The summed E-state index contributed by atoms with van der Waals surface area (Å²) in [4.78, 5) is 12.3. The van der Waals surface area contributed by atoms with Crippen molar-refractivity contribution in [1.82, 2.24) is 5.01 Å². The van der Waals surface area contributed by atoms with Crippen molar-refractivity contribution in [3.05, 3.63) is 35.9 Å². The van der Waals surface area contributed by atoms with Crippen LogP contribution in [-0.2, 0) is 4.79 Å². The van der Waals surface area contributed by atoms with Crippen LogP contribution in [-0.4, -0.2) is 38.7 Å². The van der Waals surface area contributed by atoms with Crippen LogP contribution in [0.3, 0.4) is 0 Å². The first-order valence-electron chi connectivity index (χ1n) is 7.49. The second-order valence-corrected chi connectivity index (χ2v) is 6.22. The van der Waals surface area contributed by atoms with E-state index in [1.807, 2.05) is 0 Å². The summed E-state index contributed by atoms with van der Waals surface area (Å²) in [7, 11) is 0. The minimum Gasteiger partial charge on any atom is -0.378 e. The molecule has 0 saturated carbocycles. The number of rotatable bonds is 4. The fraction of sp³-hybridized carbons (Fsp3) is 0.500. The molecule has 8 heteroatoms. The number of nitrogens with zero attached hydrogens (tertiary/aromatic N) is 2. The van der Waals surface area contributed by atoms with E-state index >= 15 is 0 Å². The topological polar surface area (TPSA) is 73.1 Å². The fourth-order valence-electron chi connectivity index (χ4n) is 2.55. The number of benzene rings is 1. The van der Waals surface area contributed by atoms with Crippen molar-refractivity contribution in [3.63, 3.8) is 0 Å². The largest absolute Gasteiger partial charge is 0.438 e. The summed E-state index contributed by atoms with van der Waals surface area (Å²) in [5.74, 6) is -1.31. The predicted molar refractivity (Wildman–Crippen MR) is 80.8 cm³/mol. The normalized spacial score (nSPS) is 22.7. The third-order valence-electron chi connectivity index (χ3n) is 3.70. The van der Waals surface area contributed by atoms with Gasteiger partial charge in [-0.25, -0.2) is 0 Å². The van der Waals surface area contributed by atoms with E-state index in [-0.39, 0.29) is 28.6 Å². The van der Waals surface area contributed by atoms with Crippen molar-refractivity contribution in [2.75, 3.05) is 0 Å². The number of alkyl halides is 3. The second-order valence-electron chi connectivity index (χ2n) is 6.22. The number of hydrazone groups is 1. The molecule has 24 heavy (non-hydrogen) atoms. The van der Waals surface area contributed by atoms with Crippen LogP contribution in [0, 0.1) is 5.92 Å². The van der Waals surface area contributed by atoms with Crippen molar-refractivity contribution in [2.45, 2.75) is 44.7 Å². The zero-order chi connectivity index (χ0) is 18.1. The SMILES string of the molecule is CC(C)CC1=NN(C(=O)[C@@H](O)c2ccccc2)[C@@](O)(C(F)(F)F)C1. The van der Waals surface area contributed by atoms with Crippen molar-refractivity contribution < 1.29 is 28.2 Å². The molecule has 132 valence electrons. The minimum atomic E-state index is -5.10. The van der Waals surface area contributed by atoms with Crippen LogP contribution in [0.4, 0.5) is 13.2 Å². The third-order valence-corrected chi connectivity index (χ3v) is 3.70. The zero-order valence-electron chi connectivity index (χ0n) is 13.3. The molecular formula is C16H19F3N2O3. The quantitative estimate of drug-likeness (QED) is 0.882. The van der Waals surface area contributed by atoms with Crippen molar-refractivity contribution in [2.24, 2.45) is 11.0 Å². The number of carbonyl (C=O) groups excluding carboxylic acids is 1. The first kappa shape index (κ1) is 18.4. The Morgan fingerprint density at radius 2 is 1.92 bits per heavy atom. The van der Waals surface area contributed by atoms with E-state index in [9.17, 15) is 28.2 Å². The molecule has 1 heterocycles. The smallest absolute Gasteiger partial charge is 0.378 e. The van der Waals surface area contributed by atoms with Crippen LogP contribution in [0.25, 0.3) is 0 Å². The van der Waals surface area contributed by atoms with Gasteiger partial charge in [0.05, 0.1) is 0 Å². The van der Waals surface area contributed by atoms with Gasteiger partial charge in [0.15, 0.2) is 6.10 Å². The van der Waals surface area contributed by atoms with E-state index in [1.165, 1.54) is 12.1 Å². The summed E-state index contributed by atoms with van der Waals surface area (Å²) in [6.45, 7) is 3.58. The molecule has 0 aromatic heterocycles. The molecule has 0 bridgehead atoms. The first-order chi connectivity index (χ1) is 11.1. The van der Waals surface area contributed by atoms with Crippen LogP contribution in [0.2, 0.25) is 0 Å². The Bertz CT molecular complexity index is 631. The maximum absolute atomic E-state index is 13.3. The second kappa shape index (κ2) is 6.52. The Balaban J connectivity index is 2.35. The van der Waals surface area contributed by atoms with E-state index < -0.39 is 30.3 Å². The molecule has 2 atom stereocenters. The van der Waals surface area contributed by atoms with Crippen LogP contribution < -0.4 is 0 Å². The molecule has 1 aromatic carbocycles. The summed E-state index contributed by atoms with van der Waals surface area (Å²) in [5.41, 5.74) is -3.25. The number of aliphatic hydroxyl groups is 2. The van der Waals surface area contributed by atoms with Gasteiger partial charge in [-0.1, -0.05) is 44.2 Å². The summed E-state index contributed by atoms with van der Waals surface area (Å²) in [5, 5.41) is 23.8. The number of hydrogen-bond acceptors (Lipinski definition) is 4. The standard InChI is InChI=1S/C16H19F3N2O3/c1-10(2)8-12-9-15(24,16(17,18)19)21(20-12)14(23)13(22)11-6-4-3-5-7-11/h3-7,10,13,22,24H,8-9H2,1-2H3/t13-,15-/m0/s1. The van der Waals surface area contributed by atoms with Crippen LogP contribution in [0.1, 0.15) is 38.4 Å². The van der Waals surface area contributed by atoms with E-state index in [4.69, 9.17) is 0 Å². The van der Waals surface area contributed by atoms with Gasteiger partial charge < -0.3 is 10.2 Å². The van der Waals surface area contributed by atoms with Crippen molar-refractivity contribution >= 4 is 11.6 Å². The van der Waals surface area contributed by atoms with Crippen LogP contribution >= 0.6 is 0 Å². The van der Waals surface area contributed by atoms with Crippen molar-refractivity contribution in [3.8, 4) is 0 Å². The molecule has 0 fully saturated rings. The zero-order valence-corrected chi connectivity index (χ0v) is 13.3. The Kier molecular flexibility index (Phi) is 5.00. The minimum absolute atomic E-state index is 0.00957. The lowest BCUT2D eigenvalue weighted by Gasteiger charge is -2.33. The van der Waals surface area contributed by atoms with E-state index in [0.717, 1.165) is 0 Å². The monoisotopic (exact) mass is 344 g/mol. The van der Waals surface area contributed by atoms with Gasteiger partial charge in [0, 0.05) is 12.1 Å². The maximum atomic E-state index is 13.3. The first-order valence-corrected chi connectivity index (χ1v) is 7.49. The molecule has 5 nitrogen and oxygen atoms in total. The van der Waals surface area contributed by atoms with Gasteiger partial charge in [-0.15, -0.1) is 0 Å². The number of aliphatic hydroxyl groups excluding tert-OH is 1. The van der Waals surface area contributed by atoms with Gasteiger partial charge in [-0.3, -0.25) is 4.79 Å². The molecule has 1 aliphatic heterocycles. The summed E-state index contributed by atoms with van der Waals surface area (Å²) in [6.07, 6.45) is -7.55. The molecule has 1 aliphatic rings. The molecule has 0 aliphatic carbocycles. The molecule has 0 radical (unpaired) electrons. The van der Waals surface area contributed by atoms with Gasteiger partial charge in [0.2, 0.25) is 0 Å². The lowest BCUT2D eigenvalue weighted by atomic mass is 9.99. The Morgan fingerprint density at radius 3 is 2.42 bits per heavy atom. The van der Waals surface area contributed by atoms with Gasteiger partial charge in [0.1, 0.15) is 0 Å². The fourth-order valence-corrected chi connectivity index (χ4v) is 2.55. The highest BCUT2D eigenvalue weighted by molar-refractivity contribution is 5.92. The average molecular weight is 344 g/mol.